The summed E-state index contributed by atoms with van der Waals surface area (Å²) in [7, 11) is 0. The van der Waals surface area contributed by atoms with Gasteiger partial charge in [0.2, 0.25) is 5.91 Å². The summed E-state index contributed by atoms with van der Waals surface area (Å²) in [6.07, 6.45) is 3.66. The number of nitrogens with zero attached hydrogens (tertiary/aromatic N) is 2. The van der Waals surface area contributed by atoms with Crippen molar-refractivity contribution in [1.29, 1.82) is 5.26 Å². The minimum absolute atomic E-state index is 0.0646. The third-order valence-corrected chi connectivity index (χ3v) is 4.27. The first-order valence-corrected chi connectivity index (χ1v) is 7.42. The largest absolute Gasteiger partial charge is 0.375 e. The van der Waals surface area contributed by atoms with Crippen LogP contribution in [0.15, 0.2) is 24.3 Å². The lowest BCUT2D eigenvalue weighted by atomic mass is 10.1. The third kappa shape index (κ3) is 3.07. The Hall–Kier alpha value is -1.90. The molecule has 2 atom stereocenters. The molecule has 1 heterocycles. The number of para-hydroxylation sites is 1. The number of anilines is 1. The normalized spacial score (nSPS) is 25.1. The van der Waals surface area contributed by atoms with Gasteiger partial charge in [-0.3, -0.25) is 9.69 Å². The minimum Gasteiger partial charge on any atom is -0.375 e. The monoisotopic (exact) mass is 285 g/mol. The average molecular weight is 285 g/mol. The van der Waals surface area contributed by atoms with Gasteiger partial charge in [0.25, 0.3) is 0 Å². The fourth-order valence-corrected chi connectivity index (χ4v) is 3.27. The van der Waals surface area contributed by atoms with Crippen LogP contribution in [0.2, 0.25) is 0 Å². The maximum atomic E-state index is 12.2. The number of ether oxygens (including phenoxy) is 1. The van der Waals surface area contributed by atoms with E-state index in [9.17, 15) is 4.79 Å². The Balaban J connectivity index is 1.62. The first-order valence-electron chi connectivity index (χ1n) is 7.42. The van der Waals surface area contributed by atoms with Gasteiger partial charge in [0.15, 0.2) is 0 Å². The molecule has 5 nitrogen and oxygen atoms in total. The maximum Gasteiger partial charge on any atom is 0.238 e. The van der Waals surface area contributed by atoms with Crippen molar-refractivity contribution < 1.29 is 9.53 Å². The Morgan fingerprint density at radius 1 is 1.43 bits per heavy atom. The minimum atomic E-state index is -0.0646. The van der Waals surface area contributed by atoms with Gasteiger partial charge in [-0.15, -0.1) is 0 Å². The van der Waals surface area contributed by atoms with Gasteiger partial charge < -0.3 is 10.1 Å². The lowest BCUT2D eigenvalue weighted by Crippen LogP contribution is -2.51. The van der Waals surface area contributed by atoms with E-state index >= 15 is 0 Å². The number of hydrogen-bond donors (Lipinski definition) is 1. The summed E-state index contributed by atoms with van der Waals surface area (Å²) >= 11 is 0. The van der Waals surface area contributed by atoms with E-state index in [4.69, 9.17) is 10.00 Å². The standard InChI is InChI=1S/C16H19N3O2/c17-10-12-4-1-2-5-13(12)18-16(20)11-19-8-9-21-15-7-3-6-14(15)19/h1-2,4-5,14-15H,3,6-9,11H2,(H,18,20). The number of benzene rings is 1. The van der Waals surface area contributed by atoms with Crippen molar-refractivity contribution >= 4 is 11.6 Å². The highest BCUT2D eigenvalue weighted by molar-refractivity contribution is 5.93. The number of fused-ring (bicyclic) bond motifs is 1. The molecule has 21 heavy (non-hydrogen) atoms. The molecule has 1 aliphatic carbocycles. The lowest BCUT2D eigenvalue weighted by Gasteiger charge is -2.37. The summed E-state index contributed by atoms with van der Waals surface area (Å²) in [4.78, 5) is 14.4. The zero-order chi connectivity index (χ0) is 14.7. The Morgan fingerprint density at radius 2 is 2.29 bits per heavy atom. The number of hydrogen-bond acceptors (Lipinski definition) is 4. The van der Waals surface area contributed by atoms with Crippen LogP contribution in [-0.2, 0) is 9.53 Å². The number of carbonyl (C=O) groups excluding carboxylic acids is 1. The second kappa shape index (κ2) is 6.25. The van der Waals surface area contributed by atoms with Gasteiger partial charge in [0.05, 0.1) is 30.5 Å². The molecule has 2 fully saturated rings. The summed E-state index contributed by atoms with van der Waals surface area (Å²) in [6.45, 7) is 1.86. The Kier molecular flexibility index (Phi) is 4.18. The summed E-state index contributed by atoms with van der Waals surface area (Å²) in [5.41, 5.74) is 1.08. The maximum absolute atomic E-state index is 12.2. The molecule has 0 spiro atoms. The topological polar surface area (TPSA) is 65.4 Å². The summed E-state index contributed by atoms with van der Waals surface area (Å²) in [5.74, 6) is -0.0646. The third-order valence-electron chi connectivity index (χ3n) is 4.27. The van der Waals surface area contributed by atoms with Crippen molar-refractivity contribution in [2.75, 3.05) is 25.0 Å². The number of rotatable bonds is 3. The molecule has 1 saturated heterocycles. The Morgan fingerprint density at radius 3 is 3.14 bits per heavy atom. The molecule has 5 heteroatoms. The van der Waals surface area contributed by atoms with Crippen LogP contribution < -0.4 is 5.32 Å². The molecule has 1 saturated carbocycles. The second-order valence-electron chi connectivity index (χ2n) is 5.58. The van der Waals surface area contributed by atoms with Gasteiger partial charge >= 0.3 is 0 Å². The molecule has 2 unspecified atom stereocenters. The highest BCUT2D eigenvalue weighted by atomic mass is 16.5. The molecule has 1 aliphatic heterocycles. The van der Waals surface area contributed by atoms with Crippen molar-refractivity contribution in [2.24, 2.45) is 0 Å². The smallest absolute Gasteiger partial charge is 0.238 e. The van der Waals surface area contributed by atoms with Crippen molar-refractivity contribution in [3.8, 4) is 6.07 Å². The molecule has 0 aromatic heterocycles. The molecule has 3 rings (SSSR count). The summed E-state index contributed by atoms with van der Waals surface area (Å²) < 4.78 is 5.75. The van der Waals surface area contributed by atoms with E-state index < -0.39 is 0 Å². The summed E-state index contributed by atoms with van der Waals surface area (Å²) in [5, 5.41) is 11.9. The van der Waals surface area contributed by atoms with E-state index in [0.29, 0.717) is 30.4 Å². The Bertz CT molecular complexity index is 567. The molecule has 1 amide bonds. The SMILES string of the molecule is N#Cc1ccccc1NC(=O)CN1CCOC2CCCC21. The van der Waals surface area contributed by atoms with Gasteiger partial charge in [-0.1, -0.05) is 12.1 Å². The first kappa shape index (κ1) is 14.1. The quantitative estimate of drug-likeness (QED) is 0.919. The number of nitriles is 1. The predicted octanol–water partition coefficient (Wildman–Crippen LogP) is 1.75. The number of carbonyl (C=O) groups is 1. The van der Waals surface area contributed by atoms with Gasteiger partial charge in [0.1, 0.15) is 6.07 Å². The molecular formula is C16H19N3O2. The molecule has 0 radical (unpaired) electrons. The van der Waals surface area contributed by atoms with Crippen LogP contribution in [0, 0.1) is 11.3 Å². The molecule has 0 bridgehead atoms. The van der Waals surface area contributed by atoms with Crippen LogP contribution in [0.5, 0.6) is 0 Å². The van der Waals surface area contributed by atoms with Crippen LogP contribution in [0.4, 0.5) is 5.69 Å². The van der Waals surface area contributed by atoms with Crippen LogP contribution in [-0.4, -0.2) is 42.6 Å². The van der Waals surface area contributed by atoms with Gasteiger partial charge in [-0.25, -0.2) is 0 Å². The van der Waals surface area contributed by atoms with Crippen LogP contribution in [0.25, 0.3) is 0 Å². The van der Waals surface area contributed by atoms with E-state index in [1.54, 1.807) is 18.2 Å². The second-order valence-corrected chi connectivity index (χ2v) is 5.58. The van der Waals surface area contributed by atoms with E-state index in [1.807, 2.05) is 6.07 Å². The van der Waals surface area contributed by atoms with Crippen LogP contribution >= 0.6 is 0 Å². The van der Waals surface area contributed by atoms with Crippen LogP contribution in [0.1, 0.15) is 24.8 Å². The molecule has 1 N–H and O–H groups in total. The van der Waals surface area contributed by atoms with Gasteiger partial charge in [0, 0.05) is 12.6 Å². The lowest BCUT2D eigenvalue weighted by molar-refractivity contribution is -0.121. The van der Waals surface area contributed by atoms with Gasteiger partial charge in [-0.05, 0) is 31.4 Å². The zero-order valence-electron chi connectivity index (χ0n) is 11.9. The highest BCUT2D eigenvalue weighted by Gasteiger charge is 2.36. The predicted molar refractivity (Wildman–Crippen MR) is 78.7 cm³/mol. The van der Waals surface area contributed by atoms with Crippen LogP contribution in [0.3, 0.4) is 0 Å². The Labute approximate surface area is 124 Å². The highest BCUT2D eigenvalue weighted by Crippen LogP contribution is 2.29. The average Bonchev–Trinajstić information content (AvgIpc) is 2.97. The number of nitrogens with one attached hydrogen (secondary N) is 1. The van der Waals surface area contributed by atoms with E-state index in [0.717, 1.165) is 19.4 Å². The molecule has 110 valence electrons. The van der Waals surface area contributed by atoms with Gasteiger partial charge in [-0.2, -0.15) is 5.26 Å². The van der Waals surface area contributed by atoms with Crippen molar-refractivity contribution in [2.45, 2.75) is 31.4 Å². The van der Waals surface area contributed by atoms with E-state index in [-0.39, 0.29) is 12.0 Å². The van der Waals surface area contributed by atoms with Crippen molar-refractivity contribution in [3.05, 3.63) is 29.8 Å². The molecule has 2 aliphatic rings. The molecule has 1 aromatic rings. The molecule has 1 aromatic carbocycles. The van der Waals surface area contributed by atoms with E-state index in [2.05, 4.69) is 16.3 Å². The van der Waals surface area contributed by atoms with Crippen molar-refractivity contribution in [1.82, 2.24) is 4.90 Å². The first-order chi connectivity index (χ1) is 10.3. The summed E-state index contributed by atoms with van der Waals surface area (Å²) in [6, 6.07) is 9.54. The van der Waals surface area contributed by atoms with E-state index in [1.165, 1.54) is 6.42 Å². The number of amides is 1. The molecular weight excluding hydrogens is 266 g/mol. The fraction of sp³-hybridized carbons (Fsp3) is 0.500. The number of morpholine rings is 1. The zero-order valence-corrected chi connectivity index (χ0v) is 11.9. The van der Waals surface area contributed by atoms with Crippen molar-refractivity contribution in [3.63, 3.8) is 0 Å². The fourth-order valence-electron chi connectivity index (χ4n) is 3.27.